The lowest BCUT2D eigenvalue weighted by molar-refractivity contribution is -0.123. The molecule has 19 heavy (non-hydrogen) atoms. The van der Waals surface area contributed by atoms with Gasteiger partial charge < -0.3 is 11.1 Å². The lowest BCUT2D eigenvalue weighted by Gasteiger charge is -2.20. The number of rotatable bonds is 4. The van der Waals surface area contributed by atoms with E-state index < -0.39 is 0 Å². The fourth-order valence-corrected chi connectivity index (χ4v) is 2.74. The highest BCUT2D eigenvalue weighted by Gasteiger charge is 2.28. The third-order valence-electron chi connectivity index (χ3n) is 4.01. The number of nitrogen functional groups attached to an aromatic ring is 1. The van der Waals surface area contributed by atoms with E-state index in [2.05, 4.69) is 16.7 Å². The number of amides is 1. The Hall–Kier alpha value is -1.55. The molecule has 3 rings (SSSR count). The van der Waals surface area contributed by atoms with E-state index in [0.29, 0.717) is 6.04 Å². The molecule has 0 aromatic heterocycles. The van der Waals surface area contributed by atoms with Gasteiger partial charge in [-0.15, -0.1) is 0 Å². The van der Waals surface area contributed by atoms with Gasteiger partial charge in [-0.1, -0.05) is 6.07 Å². The Kier molecular flexibility index (Phi) is 3.19. The smallest absolute Gasteiger partial charge is 0.237 e. The second-order valence-corrected chi connectivity index (χ2v) is 5.72. The van der Waals surface area contributed by atoms with Gasteiger partial charge in [-0.05, 0) is 55.9 Å². The van der Waals surface area contributed by atoms with Gasteiger partial charge in [0, 0.05) is 17.8 Å². The predicted octanol–water partition coefficient (Wildman–Crippen LogP) is 1.51. The molecule has 0 radical (unpaired) electrons. The zero-order chi connectivity index (χ0) is 13.4. The summed E-state index contributed by atoms with van der Waals surface area (Å²) in [5, 5.41) is 6.47. The van der Waals surface area contributed by atoms with Gasteiger partial charge >= 0.3 is 0 Å². The fraction of sp³-hybridized carbons (Fsp3) is 0.533. The van der Waals surface area contributed by atoms with Crippen LogP contribution >= 0.6 is 0 Å². The van der Waals surface area contributed by atoms with E-state index in [1.165, 1.54) is 11.1 Å². The van der Waals surface area contributed by atoms with Crippen molar-refractivity contribution in [2.45, 2.75) is 50.7 Å². The summed E-state index contributed by atoms with van der Waals surface area (Å²) in [7, 11) is 0. The summed E-state index contributed by atoms with van der Waals surface area (Å²) >= 11 is 0. The molecule has 2 unspecified atom stereocenters. The largest absolute Gasteiger partial charge is 0.399 e. The number of hydrogen-bond acceptors (Lipinski definition) is 3. The van der Waals surface area contributed by atoms with E-state index in [9.17, 15) is 4.79 Å². The first-order valence-electron chi connectivity index (χ1n) is 7.08. The number of fused-ring (bicyclic) bond motifs is 1. The summed E-state index contributed by atoms with van der Waals surface area (Å²) < 4.78 is 0. The second-order valence-electron chi connectivity index (χ2n) is 5.72. The maximum Gasteiger partial charge on any atom is 0.237 e. The number of nitrogens with one attached hydrogen (secondary N) is 2. The molecule has 0 spiro atoms. The summed E-state index contributed by atoms with van der Waals surface area (Å²) in [5.74, 6) is 0.117. The van der Waals surface area contributed by atoms with Crippen LogP contribution in [-0.2, 0) is 11.2 Å². The number of carbonyl (C=O) groups is 1. The SMILES string of the molecule is CC(NC1CCc2cc(N)ccc21)C(=O)NC1CC1. The highest BCUT2D eigenvalue weighted by Crippen LogP contribution is 2.32. The minimum Gasteiger partial charge on any atom is -0.399 e. The van der Waals surface area contributed by atoms with Crippen LogP contribution in [0.3, 0.4) is 0 Å². The van der Waals surface area contributed by atoms with Crippen molar-refractivity contribution in [2.75, 3.05) is 5.73 Å². The van der Waals surface area contributed by atoms with Crippen molar-refractivity contribution >= 4 is 11.6 Å². The van der Waals surface area contributed by atoms with E-state index in [1.807, 2.05) is 19.1 Å². The maximum absolute atomic E-state index is 12.0. The quantitative estimate of drug-likeness (QED) is 0.718. The zero-order valence-corrected chi connectivity index (χ0v) is 11.3. The molecule has 4 N–H and O–H groups in total. The van der Waals surface area contributed by atoms with Crippen LogP contribution in [0.5, 0.6) is 0 Å². The van der Waals surface area contributed by atoms with E-state index in [0.717, 1.165) is 31.4 Å². The molecule has 2 atom stereocenters. The summed E-state index contributed by atoms with van der Waals surface area (Å²) in [6.07, 6.45) is 4.34. The Bertz CT molecular complexity index is 496. The average Bonchev–Trinajstić information content (AvgIpc) is 3.11. The minimum absolute atomic E-state index is 0.117. The van der Waals surface area contributed by atoms with E-state index in [1.54, 1.807) is 0 Å². The Morgan fingerprint density at radius 3 is 2.89 bits per heavy atom. The molecule has 0 saturated heterocycles. The molecule has 0 aliphatic heterocycles. The molecule has 2 aliphatic carbocycles. The van der Waals surface area contributed by atoms with Gasteiger partial charge in [0.15, 0.2) is 0 Å². The van der Waals surface area contributed by atoms with E-state index >= 15 is 0 Å². The maximum atomic E-state index is 12.0. The minimum atomic E-state index is -0.144. The van der Waals surface area contributed by atoms with Gasteiger partial charge in [-0.3, -0.25) is 10.1 Å². The van der Waals surface area contributed by atoms with Crippen molar-refractivity contribution in [1.29, 1.82) is 0 Å². The molecule has 1 aromatic carbocycles. The Labute approximate surface area is 113 Å². The summed E-state index contributed by atoms with van der Waals surface area (Å²) in [6.45, 7) is 1.94. The highest BCUT2D eigenvalue weighted by atomic mass is 16.2. The summed E-state index contributed by atoms with van der Waals surface area (Å²) in [4.78, 5) is 12.0. The lowest BCUT2D eigenvalue weighted by Crippen LogP contribution is -2.44. The highest BCUT2D eigenvalue weighted by molar-refractivity contribution is 5.81. The van der Waals surface area contributed by atoms with Gasteiger partial charge in [0.05, 0.1) is 6.04 Å². The Balaban J connectivity index is 1.63. The van der Waals surface area contributed by atoms with Gasteiger partial charge in [0.1, 0.15) is 0 Å². The van der Waals surface area contributed by atoms with Crippen molar-refractivity contribution in [3.8, 4) is 0 Å². The molecule has 102 valence electrons. The molecule has 1 fully saturated rings. The van der Waals surface area contributed by atoms with Gasteiger partial charge in [0.25, 0.3) is 0 Å². The summed E-state index contributed by atoms with van der Waals surface area (Å²) in [5.41, 5.74) is 9.23. The van der Waals surface area contributed by atoms with Crippen LogP contribution in [0.1, 0.15) is 43.4 Å². The molecule has 0 bridgehead atoms. The van der Waals surface area contributed by atoms with Crippen LogP contribution in [-0.4, -0.2) is 18.0 Å². The molecule has 4 heteroatoms. The van der Waals surface area contributed by atoms with Crippen LogP contribution in [0, 0.1) is 0 Å². The molecule has 0 heterocycles. The number of anilines is 1. The van der Waals surface area contributed by atoms with Gasteiger partial charge in [-0.2, -0.15) is 0 Å². The fourth-order valence-electron chi connectivity index (χ4n) is 2.74. The molecule has 4 nitrogen and oxygen atoms in total. The number of hydrogen-bond donors (Lipinski definition) is 3. The number of aryl methyl sites for hydroxylation is 1. The standard InChI is InChI=1S/C15H21N3O/c1-9(15(19)18-12-4-5-12)17-14-7-2-10-8-11(16)3-6-13(10)14/h3,6,8-9,12,14,17H,2,4-5,7,16H2,1H3,(H,18,19). The monoisotopic (exact) mass is 259 g/mol. The first-order valence-corrected chi connectivity index (χ1v) is 7.08. The second kappa shape index (κ2) is 4.85. The first-order chi connectivity index (χ1) is 9.13. The van der Waals surface area contributed by atoms with Gasteiger partial charge in [-0.25, -0.2) is 0 Å². The molecule has 1 saturated carbocycles. The Morgan fingerprint density at radius 1 is 1.37 bits per heavy atom. The lowest BCUT2D eigenvalue weighted by atomic mass is 10.1. The van der Waals surface area contributed by atoms with Crippen LogP contribution in [0.4, 0.5) is 5.69 Å². The molecular formula is C15H21N3O. The van der Waals surface area contributed by atoms with E-state index in [4.69, 9.17) is 5.73 Å². The predicted molar refractivity (Wildman–Crippen MR) is 75.7 cm³/mol. The number of nitrogens with two attached hydrogens (primary N) is 1. The van der Waals surface area contributed by atoms with Crippen molar-refractivity contribution in [3.05, 3.63) is 29.3 Å². The van der Waals surface area contributed by atoms with Crippen molar-refractivity contribution < 1.29 is 4.79 Å². The Morgan fingerprint density at radius 2 is 2.16 bits per heavy atom. The third-order valence-corrected chi connectivity index (χ3v) is 4.01. The van der Waals surface area contributed by atoms with Crippen LogP contribution in [0.2, 0.25) is 0 Å². The first kappa shape index (κ1) is 12.5. The number of benzene rings is 1. The van der Waals surface area contributed by atoms with Crippen LogP contribution in [0.25, 0.3) is 0 Å². The third kappa shape index (κ3) is 2.73. The topological polar surface area (TPSA) is 67.1 Å². The number of carbonyl (C=O) groups excluding carboxylic acids is 1. The normalized spacial score (nSPS) is 22.9. The van der Waals surface area contributed by atoms with Crippen molar-refractivity contribution in [2.24, 2.45) is 0 Å². The molecule has 2 aliphatic rings. The summed E-state index contributed by atoms with van der Waals surface area (Å²) in [6, 6.07) is 6.62. The zero-order valence-electron chi connectivity index (χ0n) is 11.3. The van der Waals surface area contributed by atoms with E-state index in [-0.39, 0.29) is 18.0 Å². The average molecular weight is 259 g/mol. The van der Waals surface area contributed by atoms with Crippen LogP contribution in [0.15, 0.2) is 18.2 Å². The van der Waals surface area contributed by atoms with Crippen LogP contribution < -0.4 is 16.4 Å². The molecule has 1 amide bonds. The molecular weight excluding hydrogens is 238 g/mol. The van der Waals surface area contributed by atoms with Crippen molar-refractivity contribution in [1.82, 2.24) is 10.6 Å². The van der Waals surface area contributed by atoms with Crippen molar-refractivity contribution in [3.63, 3.8) is 0 Å². The van der Waals surface area contributed by atoms with Gasteiger partial charge in [0.2, 0.25) is 5.91 Å². The molecule has 1 aromatic rings.